The number of nitrogens with one attached hydrogen (secondary N) is 1. The van der Waals surface area contributed by atoms with E-state index in [1.54, 1.807) is 13.1 Å². The summed E-state index contributed by atoms with van der Waals surface area (Å²) in [5, 5.41) is 3.05. The van der Waals surface area contributed by atoms with Gasteiger partial charge in [0.2, 0.25) is 10.0 Å². The molecule has 1 unspecified atom stereocenters. The molecule has 1 atom stereocenters. The molecule has 1 fully saturated rings. The van der Waals surface area contributed by atoms with Crippen LogP contribution >= 0.6 is 15.9 Å². The van der Waals surface area contributed by atoms with Gasteiger partial charge in [-0.05, 0) is 66.4 Å². The van der Waals surface area contributed by atoms with Crippen molar-refractivity contribution in [2.75, 3.05) is 14.1 Å². The van der Waals surface area contributed by atoms with Gasteiger partial charge >= 0.3 is 0 Å². The van der Waals surface area contributed by atoms with E-state index in [0.717, 1.165) is 18.4 Å². The first-order valence-corrected chi connectivity index (χ1v) is 9.02. The Morgan fingerprint density at radius 3 is 2.60 bits per heavy atom. The summed E-state index contributed by atoms with van der Waals surface area (Å²) in [4.78, 5) is 0.340. The van der Waals surface area contributed by atoms with E-state index in [9.17, 15) is 8.42 Å². The van der Waals surface area contributed by atoms with Gasteiger partial charge in [-0.2, -0.15) is 4.31 Å². The molecule has 112 valence electrons. The number of rotatable bonds is 6. The van der Waals surface area contributed by atoms with E-state index in [1.165, 1.54) is 4.31 Å². The fraction of sp³-hybridized carbons (Fsp3) is 0.571. The van der Waals surface area contributed by atoms with E-state index >= 15 is 0 Å². The van der Waals surface area contributed by atoms with Gasteiger partial charge in [0.05, 0.1) is 4.90 Å². The normalized spacial score (nSPS) is 17.4. The molecule has 0 heterocycles. The maximum Gasteiger partial charge on any atom is 0.244 e. The summed E-state index contributed by atoms with van der Waals surface area (Å²) in [6.45, 7) is 2.70. The van der Waals surface area contributed by atoms with E-state index in [1.807, 2.05) is 26.1 Å². The molecule has 1 aliphatic carbocycles. The molecule has 6 heteroatoms. The van der Waals surface area contributed by atoms with E-state index in [-0.39, 0.29) is 6.04 Å². The van der Waals surface area contributed by atoms with Gasteiger partial charge in [-0.15, -0.1) is 0 Å². The zero-order valence-electron chi connectivity index (χ0n) is 12.1. The summed E-state index contributed by atoms with van der Waals surface area (Å²) in [6, 6.07) is 5.45. The highest BCUT2D eigenvalue weighted by atomic mass is 79.9. The Morgan fingerprint density at radius 2 is 2.10 bits per heavy atom. The fourth-order valence-corrected chi connectivity index (χ4v) is 4.82. The van der Waals surface area contributed by atoms with Gasteiger partial charge in [0.1, 0.15) is 0 Å². The van der Waals surface area contributed by atoms with Crippen molar-refractivity contribution in [1.82, 2.24) is 9.62 Å². The monoisotopic (exact) mass is 360 g/mol. The molecule has 4 nitrogen and oxygen atoms in total. The molecule has 1 saturated carbocycles. The molecule has 2 rings (SSSR count). The third-order valence-corrected chi connectivity index (χ3v) is 6.83. The second-order valence-electron chi connectivity index (χ2n) is 5.39. The lowest BCUT2D eigenvalue weighted by molar-refractivity contribution is 0.357. The van der Waals surface area contributed by atoms with Crippen LogP contribution in [-0.4, -0.2) is 32.9 Å². The first kappa shape index (κ1) is 15.9. The molecule has 0 aromatic heterocycles. The molecule has 1 N–H and O–H groups in total. The Labute approximate surface area is 129 Å². The average Bonchev–Trinajstić information content (AvgIpc) is 3.21. The van der Waals surface area contributed by atoms with Crippen LogP contribution in [0.25, 0.3) is 0 Å². The number of benzene rings is 1. The van der Waals surface area contributed by atoms with Gasteiger partial charge in [0.25, 0.3) is 0 Å². The van der Waals surface area contributed by atoms with Gasteiger partial charge < -0.3 is 5.32 Å². The Hall–Kier alpha value is -0.430. The summed E-state index contributed by atoms with van der Waals surface area (Å²) in [5.41, 5.74) is 1.05. The van der Waals surface area contributed by atoms with E-state index < -0.39 is 10.0 Å². The van der Waals surface area contributed by atoms with Crippen molar-refractivity contribution in [3.63, 3.8) is 0 Å². The summed E-state index contributed by atoms with van der Waals surface area (Å²) in [6.07, 6.45) is 2.26. The Bertz CT molecular complexity index is 585. The standard InChI is InChI=1S/C14H21BrN2O2S/c1-10(12-5-6-12)17(3)20(18,19)14-7-4-11(9-16-2)8-13(14)15/h4,7-8,10,12,16H,5-6,9H2,1-3H3. The minimum atomic E-state index is -3.44. The third-order valence-electron chi connectivity index (χ3n) is 3.91. The van der Waals surface area contributed by atoms with E-state index in [0.29, 0.717) is 21.8 Å². The molecular weight excluding hydrogens is 340 g/mol. The highest BCUT2D eigenvalue weighted by molar-refractivity contribution is 9.10. The zero-order chi connectivity index (χ0) is 14.9. The average molecular weight is 361 g/mol. The van der Waals surface area contributed by atoms with Crippen LogP contribution in [0, 0.1) is 5.92 Å². The number of sulfonamides is 1. The van der Waals surface area contributed by atoms with Crippen LogP contribution in [0.5, 0.6) is 0 Å². The summed E-state index contributed by atoms with van der Waals surface area (Å²) < 4.78 is 27.5. The van der Waals surface area contributed by atoms with E-state index in [4.69, 9.17) is 0 Å². The van der Waals surface area contributed by atoms with Crippen LogP contribution in [0.1, 0.15) is 25.3 Å². The second-order valence-corrected chi connectivity index (χ2v) is 8.21. The smallest absolute Gasteiger partial charge is 0.244 e. The molecule has 0 radical (unpaired) electrons. The van der Waals surface area contributed by atoms with Crippen molar-refractivity contribution in [2.45, 2.75) is 37.2 Å². The van der Waals surface area contributed by atoms with Gasteiger partial charge in [-0.1, -0.05) is 6.07 Å². The van der Waals surface area contributed by atoms with Crippen LogP contribution in [-0.2, 0) is 16.6 Å². The molecule has 0 spiro atoms. The molecule has 1 aromatic rings. The van der Waals surface area contributed by atoms with Crippen molar-refractivity contribution < 1.29 is 8.42 Å². The van der Waals surface area contributed by atoms with Gasteiger partial charge in [-0.25, -0.2) is 8.42 Å². The van der Waals surface area contributed by atoms with Gasteiger partial charge in [-0.3, -0.25) is 0 Å². The SMILES string of the molecule is CNCc1ccc(S(=O)(=O)N(C)C(C)C2CC2)c(Br)c1. The summed E-state index contributed by atoms with van der Waals surface area (Å²) in [7, 11) is 0.0981. The maximum atomic E-state index is 12.7. The highest BCUT2D eigenvalue weighted by Crippen LogP contribution is 2.37. The number of hydrogen-bond donors (Lipinski definition) is 1. The molecule has 0 saturated heterocycles. The van der Waals surface area contributed by atoms with Crippen molar-refractivity contribution in [1.29, 1.82) is 0 Å². The first-order chi connectivity index (χ1) is 9.37. The van der Waals surface area contributed by atoms with Crippen LogP contribution < -0.4 is 5.32 Å². The Balaban J connectivity index is 2.28. The van der Waals surface area contributed by atoms with Gasteiger partial charge in [0, 0.05) is 24.1 Å². The minimum Gasteiger partial charge on any atom is -0.316 e. The van der Waals surface area contributed by atoms with Crippen molar-refractivity contribution in [2.24, 2.45) is 5.92 Å². The fourth-order valence-electron chi connectivity index (χ4n) is 2.32. The molecule has 0 aliphatic heterocycles. The second kappa shape index (κ2) is 6.13. The zero-order valence-corrected chi connectivity index (χ0v) is 14.5. The Kier molecular flexibility index (Phi) is 4.89. The third kappa shape index (κ3) is 3.24. The van der Waals surface area contributed by atoms with Crippen molar-refractivity contribution >= 4 is 26.0 Å². The maximum absolute atomic E-state index is 12.7. The van der Waals surface area contributed by atoms with Crippen LogP contribution in [0.15, 0.2) is 27.6 Å². The lowest BCUT2D eigenvalue weighted by Crippen LogP contribution is -2.36. The Morgan fingerprint density at radius 1 is 1.45 bits per heavy atom. The molecule has 1 aromatic carbocycles. The van der Waals surface area contributed by atoms with Crippen LogP contribution in [0.4, 0.5) is 0 Å². The molecular formula is C14H21BrN2O2S. The predicted molar refractivity (Wildman–Crippen MR) is 84.0 cm³/mol. The van der Waals surface area contributed by atoms with Crippen LogP contribution in [0.3, 0.4) is 0 Å². The first-order valence-electron chi connectivity index (χ1n) is 6.79. The molecule has 20 heavy (non-hydrogen) atoms. The summed E-state index contributed by atoms with van der Waals surface area (Å²) >= 11 is 3.39. The predicted octanol–water partition coefficient (Wildman–Crippen LogP) is 2.59. The summed E-state index contributed by atoms with van der Waals surface area (Å²) in [5.74, 6) is 0.511. The van der Waals surface area contributed by atoms with Crippen molar-refractivity contribution in [3.8, 4) is 0 Å². The molecule has 1 aliphatic rings. The quantitative estimate of drug-likeness (QED) is 0.847. The largest absolute Gasteiger partial charge is 0.316 e. The highest BCUT2D eigenvalue weighted by Gasteiger charge is 2.36. The number of halogens is 1. The minimum absolute atomic E-state index is 0.0592. The lowest BCUT2D eigenvalue weighted by atomic mass is 10.2. The topological polar surface area (TPSA) is 49.4 Å². The van der Waals surface area contributed by atoms with Gasteiger partial charge in [0.15, 0.2) is 0 Å². The number of nitrogens with zero attached hydrogens (tertiary/aromatic N) is 1. The van der Waals surface area contributed by atoms with Crippen LogP contribution in [0.2, 0.25) is 0 Å². The number of hydrogen-bond acceptors (Lipinski definition) is 3. The molecule has 0 amide bonds. The van der Waals surface area contributed by atoms with Crippen molar-refractivity contribution in [3.05, 3.63) is 28.2 Å². The lowest BCUT2D eigenvalue weighted by Gasteiger charge is -2.24. The van der Waals surface area contributed by atoms with E-state index in [2.05, 4.69) is 21.2 Å². The molecule has 0 bridgehead atoms.